The molecule has 1 aliphatic heterocycles. The van der Waals surface area contributed by atoms with Gasteiger partial charge in [-0.1, -0.05) is 12.8 Å². The number of unbranched alkanes of at least 4 members (excludes halogenated alkanes) is 3. The molecule has 0 unspecified atom stereocenters. The smallest absolute Gasteiger partial charge is 0.253 e. The van der Waals surface area contributed by atoms with Gasteiger partial charge in [0.05, 0.1) is 172 Å². The quantitative estimate of drug-likeness (QED) is 0.0501. The number of hydrogen-bond acceptors (Lipinski definition) is 15. The lowest BCUT2D eigenvalue weighted by molar-refractivity contribution is -0.137. The number of rotatable bonds is 45. The van der Waals surface area contributed by atoms with Gasteiger partial charge < -0.3 is 61.6 Å². The Hall–Kier alpha value is -1.35. The SMILES string of the molecule is O=C1C=CC(=O)N1CCOCCOCCOCCOCCOCCOCCOCCOCCOCCOCCOCCOCCOCCCCCCCl. The zero-order valence-corrected chi connectivity index (χ0v) is 32.5. The maximum absolute atomic E-state index is 11.4. The van der Waals surface area contributed by atoms with Crippen molar-refractivity contribution in [3.05, 3.63) is 12.2 Å². The summed E-state index contributed by atoms with van der Waals surface area (Å²) in [6.45, 7) is 13.1. The Morgan fingerprint density at radius 1 is 0.321 bits per heavy atom. The fraction of sp³-hybridized carbons (Fsp3) is 0.889. The van der Waals surface area contributed by atoms with Gasteiger partial charge in [0.2, 0.25) is 0 Å². The Labute approximate surface area is 321 Å². The molecular weight excluding hydrogens is 722 g/mol. The van der Waals surface area contributed by atoms with E-state index >= 15 is 0 Å². The van der Waals surface area contributed by atoms with Gasteiger partial charge in [0.15, 0.2) is 0 Å². The first-order valence-corrected chi connectivity index (χ1v) is 19.4. The van der Waals surface area contributed by atoms with Crippen LogP contribution in [0.1, 0.15) is 25.7 Å². The van der Waals surface area contributed by atoms with Gasteiger partial charge in [0, 0.05) is 24.6 Å². The number of alkyl halides is 1. The second kappa shape index (κ2) is 41.8. The molecule has 0 atom stereocenters. The van der Waals surface area contributed by atoms with Crippen LogP contribution in [0.3, 0.4) is 0 Å². The van der Waals surface area contributed by atoms with Crippen molar-refractivity contribution in [2.45, 2.75) is 25.7 Å². The maximum atomic E-state index is 11.4. The van der Waals surface area contributed by atoms with Crippen molar-refractivity contribution < 1.29 is 71.2 Å². The van der Waals surface area contributed by atoms with E-state index in [0.29, 0.717) is 159 Å². The number of carbonyl (C=O) groups excluding carboxylic acids is 2. The van der Waals surface area contributed by atoms with Crippen molar-refractivity contribution in [1.29, 1.82) is 0 Å². The van der Waals surface area contributed by atoms with E-state index in [0.717, 1.165) is 36.6 Å². The van der Waals surface area contributed by atoms with Gasteiger partial charge in [-0.05, 0) is 12.8 Å². The fourth-order valence-electron chi connectivity index (χ4n) is 4.20. The minimum Gasteiger partial charge on any atom is -0.379 e. The van der Waals surface area contributed by atoms with Crippen molar-refractivity contribution in [3.8, 4) is 0 Å². The van der Waals surface area contributed by atoms with E-state index in [1.165, 1.54) is 18.6 Å². The molecule has 16 nitrogen and oxygen atoms in total. The van der Waals surface area contributed by atoms with Crippen LogP contribution in [0, 0.1) is 0 Å². The maximum Gasteiger partial charge on any atom is 0.253 e. The lowest BCUT2D eigenvalue weighted by Gasteiger charge is -2.13. The molecule has 2 amide bonds. The number of halogens is 1. The van der Waals surface area contributed by atoms with Crippen LogP contribution >= 0.6 is 11.6 Å². The Bertz CT molecular complexity index is 812. The Kier molecular flexibility index (Phi) is 39.2. The molecule has 53 heavy (non-hydrogen) atoms. The molecule has 0 N–H and O–H groups in total. The van der Waals surface area contributed by atoms with Crippen LogP contribution in [0.4, 0.5) is 0 Å². The van der Waals surface area contributed by atoms with E-state index in [4.69, 9.17) is 73.2 Å². The lowest BCUT2D eigenvalue weighted by atomic mass is 10.2. The summed E-state index contributed by atoms with van der Waals surface area (Å²) in [7, 11) is 0. The first-order chi connectivity index (χ1) is 26.3. The van der Waals surface area contributed by atoms with Gasteiger partial charge in [-0.2, -0.15) is 0 Å². The first-order valence-electron chi connectivity index (χ1n) is 18.9. The normalized spacial score (nSPS) is 13.0. The second-order valence-corrected chi connectivity index (χ2v) is 11.6. The molecule has 0 bridgehead atoms. The van der Waals surface area contributed by atoms with Crippen LogP contribution in [0.25, 0.3) is 0 Å². The summed E-state index contributed by atoms with van der Waals surface area (Å²) in [5, 5.41) is 0. The summed E-state index contributed by atoms with van der Waals surface area (Å²) < 4.78 is 71.1. The number of ether oxygens (including phenoxy) is 13. The highest BCUT2D eigenvalue weighted by molar-refractivity contribution is 6.17. The molecule has 0 saturated carbocycles. The van der Waals surface area contributed by atoms with Crippen LogP contribution < -0.4 is 0 Å². The minimum atomic E-state index is -0.308. The predicted molar refractivity (Wildman–Crippen MR) is 196 cm³/mol. The summed E-state index contributed by atoms with van der Waals surface area (Å²) in [4.78, 5) is 24.0. The first kappa shape index (κ1) is 49.7. The second-order valence-electron chi connectivity index (χ2n) is 11.2. The van der Waals surface area contributed by atoms with Crippen molar-refractivity contribution in [3.63, 3.8) is 0 Å². The molecule has 0 fully saturated rings. The van der Waals surface area contributed by atoms with Crippen LogP contribution in [0.15, 0.2) is 12.2 Å². The third-order valence-electron chi connectivity index (χ3n) is 7.00. The summed E-state index contributed by atoms with van der Waals surface area (Å²) >= 11 is 5.66. The third kappa shape index (κ3) is 36.1. The van der Waals surface area contributed by atoms with Crippen LogP contribution in [-0.2, 0) is 71.2 Å². The monoisotopic (exact) mass is 787 g/mol. The van der Waals surface area contributed by atoms with Crippen LogP contribution in [0.5, 0.6) is 0 Å². The summed E-state index contributed by atoms with van der Waals surface area (Å²) in [6, 6.07) is 0. The highest BCUT2D eigenvalue weighted by Crippen LogP contribution is 2.03. The minimum absolute atomic E-state index is 0.238. The molecule has 17 heteroatoms. The largest absolute Gasteiger partial charge is 0.379 e. The average molecular weight is 788 g/mol. The molecule has 312 valence electrons. The number of carbonyl (C=O) groups is 2. The summed E-state index contributed by atoms with van der Waals surface area (Å²) in [5.41, 5.74) is 0. The van der Waals surface area contributed by atoms with E-state index < -0.39 is 0 Å². The predicted octanol–water partition coefficient (Wildman–Crippen LogP) is 1.93. The molecule has 0 aromatic carbocycles. The van der Waals surface area contributed by atoms with E-state index in [9.17, 15) is 9.59 Å². The molecule has 0 spiro atoms. The zero-order chi connectivity index (χ0) is 38.0. The number of imide groups is 1. The fourth-order valence-corrected chi connectivity index (χ4v) is 4.39. The van der Waals surface area contributed by atoms with Gasteiger partial charge in [-0.3, -0.25) is 14.5 Å². The highest BCUT2D eigenvalue weighted by Gasteiger charge is 2.22. The van der Waals surface area contributed by atoms with Crippen LogP contribution in [-0.4, -0.2) is 201 Å². The van der Waals surface area contributed by atoms with Crippen molar-refractivity contribution in [1.82, 2.24) is 4.90 Å². The zero-order valence-electron chi connectivity index (χ0n) is 31.7. The van der Waals surface area contributed by atoms with E-state index in [1.54, 1.807) is 0 Å². The average Bonchev–Trinajstić information content (AvgIpc) is 3.49. The van der Waals surface area contributed by atoms with Gasteiger partial charge in [-0.25, -0.2) is 0 Å². The van der Waals surface area contributed by atoms with Gasteiger partial charge >= 0.3 is 0 Å². The molecule has 1 rings (SSSR count). The van der Waals surface area contributed by atoms with Crippen molar-refractivity contribution in [2.24, 2.45) is 0 Å². The summed E-state index contributed by atoms with van der Waals surface area (Å²) in [5.74, 6) is 0.123. The standard InChI is InChI=1S/C36H66ClNO15/c37-7-3-1-2-4-9-41-11-13-43-15-17-45-19-21-47-23-25-49-27-29-51-31-33-53-34-32-52-30-28-50-26-24-48-22-20-46-18-16-44-14-12-42-10-8-38-35(39)5-6-36(38)40/h5-6H,1-4,7-34H2. The Morgan fingerprint density at radius 3 is 0.811 bits per heavy atom. The molecule has 0 saturated heterocycles. The molecule has 0 aliphatic carbocycles. The molecule has 0 aromatic rings. The molecular formula is C36H66ClNO15. The van der Waals surface area contributed by atoms with Crippen LogP contribution in [0.2, 0.25) is 0 Å². The van der Waals surface area contributed by atoms with E-state index in [1.807, 2.05) is 0 Å². The van der Waals surface area contributed by atoms with E-state index in [-0.39, 0.29) is 25.0 Å². The molecule has 1 aliphatic rings. The summed E-state index contributed by atoms with van der Waals surface area (Å²) in [6.07, 6.45) is 6.99. The van der Waals surface area contributed by atoms with Crippen molar-refractivity contribution in [2.75, 3.05) is 184 Å². The Morgan fingerprint density at radius 2 is 0.547 bits per heavy atom. The Balaban J connectivity index is 1.61. The van der Waals surface area contributed by atoms with Gasteiger partial charge in [0.1, 0.15) is 0 Å². The number of hydrogen-bond donors (Lipinski definition) is 0. The number of amides is 2. The van der Waals surface area contributed by atoms with Gasteiger partial charge in [0.25, 0.3) is 11.8 Å². The van der Waals surface area contributed by atoms with E-state index in [2.05, 4.69) is 0 Å². The van der Waals surface area contributed by atoms with Crippen molar-refractivity contribution >= 4 is 23.4 Å². The van der Waals surface area contributed by atoms with Gasteiger partial charge in [-0.15, -0.1) is 11.6 Å². The highest BCUT2D eigenvalue weighted by atomic mass is 35.5. The topological polar surface area (TPSA) is 157 Å². The molecule has 0 aromatic heterocycles. The lowest BCUT2D eigenvalue weighted by Crippen LogP contribution is -2.33. The molecule has 0 radical (unpaired) electrons. The third-order valence-corrected chi connectivity index (χ3v) is 7.26. The number of nitrogens with zero attached hydrogens (tertiary/aromatic N) is 1. The molecule has 1 heterocycles.